The van der Waals surface area contributed by atoms with Crippen LogP contribution in [0, 0.1) is 0 Å². The van der Waals surface area contributed by atoms with Gasteiger partial charge in [-0.15, -0.1) is 0 Å². The number of hydrogen-bond donors (Lipinski definition) is 2. The van der Waals surface area contributed by atoms with Crippen LogP contribution in [0.15, 0.2) is 6.20 Å². The molecule has 0 radical (unpaired) electrons. The lowest BCUT2D eigenvalue weighted by molar-refractivity contribution is 0.0939. The van der Waals surface area contributed by atoms with E-state index in [4.69, 9.17) is 0 Å². The Morgan fingerprint density at radius 1 is 1.75 bits per heavy atom. The van der Waals surface area contributed by atoms with Crippen molar-refractivity contribution in [1.29, 1.82) is 0 Å². The predicted octanol–water partition coefficient (Wildman–Crippen LogP) is 0.0742. The van der Waals surface area contributed by atoms with E-state index in [1.54, 1.807) is 10.9 Å². The van der Waals surface area contributed by atoms with Crippen LogP contribution in [0.25, 0.3) is 0 Å². The third-order valence-corrected chi connectivity index (χ3v) is 2.88. The summed E-state index contributed by atoms with van der Waals surface area (Å²) in [6.45, 7) is 3.86. The van der Waals surface area contributed by atoms with Gasteiger partial charge in [0.25, 0.3) is 5.91 Å². The molecule has 0 aliphatic carbocycles. The average molecular weight is 222 g/mol. The second-order valence-corrected chi connectivity index (χ2v) is 4.18. The third kappa shape index (κ3) is 2.24. The first-order chi connectivity index (χ1) is 7.70. The summed E-state index contributed by atoms with van der Waals surface area (Å²) in [6, 6.07) is 0.261. The summed E-state index contributed by atoms with van der Waals surface area (Å²) in [4.78, 5) is 12.0. The maximum atomic E-state index is 12.0. The van der Waals surface area contributed by atoms with Gasteiger partial charge < -0.3 is 10.6 Å². The fourth-order valence-electron chi connectivity index (χ4n) is 2.03. The van der Waals surface area contributed by atoms with Crippen LogP contribution in [-0.2, 0) is 13.5 Å². The minimum atomic E-state index is -0.00125. The molecule has 88 valence electrons. The topological polar surface area (TPSA) is 59.0 Å². The highest BCUT2D eigenvalue weighted by atomic mass is 16.1. The van der Waals surface area contributed by atoms with Crippen LogP contribution in [0.2, 0.25) is 0 Å². The van der Waals surface area contributed by atoms with E-state index in [0.717, 1.165) is 31.6 Å². The van der Waals surface area contributed by atoms with Crippen LogP contribution in [0.3, 0.4) is 0 Å². The second-order valence-electron chi connectivity index (χ2n) is 4.18. The molecule has 1 aromatic heterocycles. The first kappa shape index (κ1) is 11.1. The van der Waals surface area contributed by atoms with Gasteiger partial charge in [-0.05, 0) is 19.4 Å². The maximum absolute atomic E-state index is 12.0. The summed E-state index contributed by atoms with van der Waals surface area (Å²) >= 11 is 0. The summed E-state index contributed by atoms with van der Waals surface area (Å²) < 4.78 is 1.70. The molecule has 1 atom stereocenters. The number of carbonyl (C=O) groups is 1. The SMILES string of the molecule is CCc1nn(C)cc1C(=O)N[C@@H]1CCNC1. The van der Waals surface area contributed by atoms with Gasteiger partial charge in [0.1, 0.15) is 0 Å². The van der Waals surface area contributed by atoms with Gasteiger partial charge in [0, 0.05) is 25.8 Å². The highest BCUT2D eigenvalue weighted by Crippen LogP contribution is 2.08. The zero-order valence-corrected chi connectivity index (χ0v) is 9.79. The number of hydrogen-bond acceptors (Lipinski definition) is 3. The average Bonchev–Trinajstić information content (AvgIpc) is 2.86. The molecule has 0 spiro atoms. The lowest BCUT2D eigenvalue weighted by Gasteiger charge is -2.10. The molecule has 0 unspecified atom stereocenters. The van der Waals surface area contributed by atoms with Gasteiger partial charge in [0.15, 0.2) is 0 Å². The predicted molar refractivity (Wildman–Crippen MR) is 61.3 cm³/mol. The van der Waals surface area contributed by atoms with Crippen molar-refractivity contribution < 1.29 is 4.79 Å². The molecule has 2 heterocycles. The van der Waals surface area contributed by atoms with E-state index < -0.39 is 0 Å². The van der Waals surface area contributed by atoms with Gasteiger partial charge in [-0.1, -0.05) is 6.92 Å². The second kappa shape index (κ2) is 4.65. The van der Waals surface area contributed by atoms with Crippen LogP contribution >= 0.6 is 0 Å². The smallest absolute Gasteiger partial charge is 0.255 e. The Balaban J connectivity index is 2.07. The lowest BCUT2D eigenvalue weighted by atomic mass is 10.2. The van der Waals surface area contributed by atoms with Gasteiger partial charge in [0.2, 0.25) is 0 Å². The fourth-order valence-corrected chi connectivity index (χ4v) is 2.03. The van der Waals surface area contributed by atoms with E-state index in [1.807, 2.05) is 14.0 Å². The molecule has 0 saturated carbocycles. The van der Waals surface area contributed by atoms with Crippen molar-refractivity contribution in [2.75, 3.05) is 13.1 Å². The van der Waals surface area contributed by atoms with Crippen molar-refractivity contribution in [2.24, 2.45) is 7.05 Å². The Morgan fingerprint density at radius 2 is 2.56 bits per heavy atom. The Bertz CT molecular complexity index is 379. The van der Waals surface area contributed by atoms with Crippen molar-refractivity contribution in [3.8, 4) is 0 Å². The van der Waals surface area contributed by atoms with Gasteiger partial charge in [-0.2, -0.15) is 5.10 Å². The maximum Gasteiger partial charge on any atom is 0.255 e. The number of aromatic nitrogens is 2. The van der Waals surface area contributed by atoms with Crippen molar-refractivity contribution in [2.45, 2.75) is 25.8 Å². The molecule has 1 aliphatic rings. The number of aryl methyl sites for hydroxylation is 2. The largest absolute Gasteiger partial charge is 0.348 e. The van der Waals surface area contributed by atoms with Gasteiger partial charge >= 0.3 is 0 Å². The van der Waals surface area contributed by atoms with E-state index in [2.05, 4.69) is 15.7 Å². The van der Waals surface area contributed by atoms with Crippen LogP contribution in [0.1, 0.15) is 29.4 Å². The zero-order chi connectivity index (χ0) is 11.5. The van der Waals surface area contributed by atoms with Crippen LogP contribution in [0.4, 0.5) is 0 Å². The quantitative estimate of drug-likeness (QED) is 0.761. The van der Waals surface area contributed by atoms with E-state index in [0.29, 0.717) is 5.56 Å². The molecular formula is C11H18N4O. The van der Waals surface area contributed by atoms with Gasteiger partial charge in [-0.25, -0.2) is 0 Å². The summed E-state index contributed by atoms with van der Waals surface area (Å²) in [6.07, 6.45) is 3.58. The molecule has 1 fully saturated rings. The Hall–Kier alpha value is -1.36. The molecule has 2 N–H and O–H groups in total. The molecular weight excluding hydrogens is 204 g/mol. The van der Waals surface area contributed by atoms with Crippen molar-refractivity contribution in [1.82, 2.24) is 20.4 Å². The molecule has 2 rings (SSSR count). The summed E-state index contributed by atoms with van der Waals surface area (Å²) in [7, 11) is 1.84. The van der Waals surface area contributed by atoms with E-state index in [9.17, 15) is 4.79 Å². The highest BCUT2D eigenvalue weighted by molar-refractivity contribution is 5.95. The standard InChI is InChI=1S/C11H18N4O/c1-3-10-9(7-15(2)14-10)11(16)13-8-4-5-12-6-8/h7-8,12H,3-6H2,1-2H3,(H,13,16)/t8-/m1/s1. The Morgan fingerprint density at radius 3 is 3.19 bits per heavy atom. The number of amides is 1. The van der Waals surface area contributed by atoms with Gasteiger partial charge in [-0.3, -0.25) is 9.48 Å². The third-order valence-electron chi connectivity index (χ3n) is 2.88. The van der Waals surface area contributed by atoms with E-state index in [1.165, 1.54) is 0 Å². The lowest BCUT2D eigenvalue weighted by Crippen LogP contribution is -2.36. The van der Waals surface area contributed by atoms with Crippen LogP contribution in [0.5, 0.6) is 0 Å². The normalized spacial score (nSPS) is 20.0. The van der Waals surface area contributed by atoms with Crippen molar-refractivity contribution in [3.63, 3.8) is 0 Å². The zero-order valence-electron chi connectivity index (χ0n) is 9.79. The molecule has 1 saturated heterocycles. The highest BCUT2D eigenvalue weighted by Gasteiger charge is 2.20. The Kier molecular flexibility index (Phi) is 3.24. The van der Waals surface area contributed by atoms with Gasteiger partial charge in [0.05, 0.1) is 11.3 Å². The molecule has 5 nitrogen and oxygen atoms in total. The van der Waals surface area contributed by atoms with Crippen LogP contribution < -0.4 is 10.6 Å². The van der Waals surface area contributed by atoms with E-state index >= 15 is 0 Å². The molecule has 5 heteroatoms. The Labute approximate surface area is 95.2 Å². The number of rotatable bonds is 3. The summed E-state index contributed by atoms with van der Waals surface area (Å²) in [5.41, 5.74) is 1.57. The minimum Gasteiger partial charge on any atom is -0.348 e. The molecule has 1 amide bonds. The van der Waals surface area contributed by atoms with Crippen molar-refractivity contribution in [3.05, 3.63) is 17.5 Å². The summed E-state index contributed by atoms with van der Waals surface area (Å²) in [5, 5.41) is 10.5. The van der Waals surface area contributed by atoms with Crippen LogP contribution in [-0.4, -0.2) is 34.8 Å². The number of carbonyl (C=O) groups excluding carboxylic acids is 1. The molecule has 1 aromatic rings. The molecule has 16 heavy (non-hydrogen) atoms. The number of nitrogens with zero attached hydrogens (tertiary/aromatic N) is 2. The molecule has 1 aliphatic heterocycles. The summed E-state index contributed by atoms with van der Waals surface area (Å²) in [5.74, 6) is -0.00125. The number of nitrogens with one attached hydrogen (secondary N) is 2. The first-order valence-corrected chi connectivity index (χ1v) is 5.74. The fraction of sp³-hybridized carbons (Fsp3) is 0.636. The minimum absolute atomic E-state index is 0.00125. The first-order valence-electron chi connectivity index (χ1n) is 5.74. The molecule has 0 bridgehead atoms. The monoisotopic (exact) mass is 222 g/mol. The van der Waals surface area contributed by atoms with Crippen molar-refractivity contribution >= 4 is 5.91 Å². The van der Waals surface area contributed by atoms with E-state index in [-0.39, 0.29) is 11.9 Å². The molecule has 0 aromatic carbocycles.